The molecule has 1 heterocycles. The lowest BCUT2D eigenvalue weighted by Gasteiger charge is -2.45. The van der Waals surface area contributed by atoms with Crippen LogP contribution in [-0.4, -0.2) is 25.2 Å². The zero-order valence-corrected chi connectivity index (χ0v) is 16.1. The summed E-state index contributed by atoms with van der Waals surface area (Å²) in [6.07, 6.45) is 0.659. The minimum atomic E-state index is -3.41. The van der Waals surface area contributed by atoms with Crippen molar-refractivity contribution in [1.82, 2.24) is 4.90 Å². The highest BCUT2D eigenvalue weighted by molar-refractivity contribution is 7.92. The smallest absolute Gasteiger partial charge is 0.194 e. The summed E-state index contributed by atoms with van der Waals surface area (Å²) in [6, 6.07) is 27.5. The first-order chi connectivity index (χ1) is 13.1. The van der Waals surface area contributed by atoms with Gasteiger partial charge in [-0.3, -0.25) is 4.90 Å². The summed E-state index contributed by atoms with van der Waals surface area (Å²) in [5.41, 5.74) is 3.20. The molecule has 0 saturated carbocycles. The molecule has 1 aliphatic rings. The van der Waals surface area contributed by atoms with Crippen molar-refractivity contribution in [1.29, 1.82) is 0 Å². The quantitative estimate of drug-likeness (QED) is 0.653. The van der Waals surface area contributed by atoms with Gasteiger partial charge in [0.25, 0.3) is 0 Å². The van der Waals surface area contributed by atoms with Gasteiger partial charge in [0.05, 0.1) is 10.9 Å². The lowest BCUT2D eigenvalue weighted by atomic mass is 9.94. The topological polar surface area (TPSA) is 37.4 Å². The normalized spacial score (nSPS) is 17.6. The number of rotatable bonds is 5. The number of likely N-dealkylation sites (tertiary alicyclic amines) is 1. The van der Waals surface area contributed by atoms with E-state index in [-0.39, 0.29) is 6.04 Å². The van der Waals surface area contributed by atoms with E-state index in [0.29, 0.717) is 11.3 Å². The molecule has 3 aromatic rings. The zero-order chi connectivity index (χ0) is 18.9. The molecular formula is C23H23NO2S. The monoisotopic (exact) mass is 377 g/mol. The van der Waals surface area contributed by atoms with Crippen LogP contribution in [0.1, 0.15) is 29.2 Å². The van der Waals surface area contributed by atoms with E-state index < -0.39 is 15.2 Å². The van der Waals surface area contributed by atoms with Crippen LogP contribution in [0.2, 0.25) is 0 Å². The van der Waals surface area contributed by atoms with Gasteiger partial charge in [-0.2, -0.15) is 0 Å². The van der Waals surface area contributed by atoms with Crippen molar-refractivity contribution in [2.45, 2.75) is 29.7 Å². The molecule has 3 aromatic carbocycles. The van der Waals surface area contributed by atoms with Gasteiger partial charge in [-0.25, -0.2) is 8.42 Å². The third-order valence-corrected chi connectivity index (χ3v) is 7.38. The van der Waals surface area contributed by atoms with Gasteiger partial charge in [-0.15, -0.1) is 0 Å². The van der Waals surface area contributed by atoms with Crippen molar-refractivity contribution >= 4 is 9.84 Å². The van der Waals surface area contributed by atoms with Crippen molar-refractivity contribution in [3.63, 3.8) is 0 Å². The third kappa shape index (κ3) is 3.43. The maximum absolute atomic E-state index is 13.3. The van der Waals surface area contributed by atoms with Gasteiger partial charge in [-0.1, -0.05) is 72.8 Å². The van der Waals surface area contributed by atoms with E-state index >= 15 is 0 Å². The van der Waals surface area contributed by atoms with Crippen LogP contribution >= 0.6 is 0 Å². The molecule has 138 valence electrons. The van der Waals surface area contributed by atoms with E-state index in [1.807, 2.05) is 55.5 Å². The highest BCUT2D eigenvalue weighted by Crippen LogP contribution is 2.39. The van der Waals surface area contributed by atoms with Gasteiger partial charge >= 0.3 is 0 Å². The average Bonchev–Trinajstić information content (AvgIpc) is 2.66. The van der Waals surface area contributed by atoms with Crippen LogP contribution in [0.4, 0.5) is 0 Å². The van der Waals surface area contributed by atoms with Crippen LogP contribution in [-0.2, 0) is 9.84 Å². The summed E-state index contributed by atoms with van der Waals surface area (Å²) in [6.45, 7) is 2.69. The standard InChI is InChI=1S/C23H23NO2S/c1-18-9-8-14-21(17-18)27(25,26)22-15-16-24(22)23(19-10-4-2-5-11-19)20-12-6-3-7-13-20/h2-14,17,22-23H,15-16H2,1H3. The van der Waals surface area contributed by atoms with Gasteiger partial charge in [-0.05, 0) is 42.2 Å². The molecule has 1 aliphatic heterocycles. The maximum Gasteiger partial charge on any atom is 0.194 e. The predicted molar refractivity (Wildman–Crippen MR) is 108 cm³/mol. The molecule has 4 rings (SSSR count). The minimum Gasteiger partial charge on any atom is -0.276 e. The number of hydrogen-bond acceptors (Lipinski definition) is 3. The van der Waals surface area contributed by atoms with Gasteiger partial charge in [0.15, 0.2) is 9.84 Å². The van der Waals surface area contributed by atoms with E-state index in [4.69, 9.17) is 0 Å². The molecule has 27 heavy (non-hydrogen) atoms. The summed E-state index contributed by atoms with van der Waals surface area (Å²) in [5, 5.41) is -0.496. The Kier molecular flexibility index (Phi) is 4.85. The molecule has 0 bridgehead atoms. The van der Waals surface area contributed by atoms with Gasteiger partial charge in [0.1, 0.15) is 5.37 Å². The molecule has 1 unspecified atom stereocenters. The number of benzene rings is 3. The van der Waals surface area contributed by atoms with Crippen molar-refractivity contribution in [3.05, 3.63) is 102 Å². The maximum atomic E-state index is 13.3. The molecule has 3 nitrogen and oxygen atoms in total. The van der Waals surface area contributed by atoms with Crippen molar-refractivity contribution in [2.24, 2.45) is 0 Å². The lowest BCUT2D eigenvalue weighted by Crippen LogP contribution is -2.53. The van der Waals surface area contributed by atoms with Crippen LogP contribution in [0.5, 0.6) is 0 Å². The Hall–Kier alpha value is -2.43. The molecular weight excluding hydrogens is 354 g/mol. The summed E-state index contributed by atoms with van der Waals surface area (Å²) in [4.78, 5) is 2.53. The van der Waals surface area contributed by atoms with Crippen LogP contribution in [0.15, 0.2) is 89.8 Å². The molecule has 0 aliphatic carbocycles. The fourth-order valence-corrected chi connectivity index (χ4v) is 5.74. The Labute approximate surface area is 161 Å². The van der Waals surface area contributed by atoms with Gasteiger partial charge in [0, 0.05) is 6.54 Å². The van der Waals surface area contributed by atoms with Gasteiger partial charge in [0.2, 0.25) is 0 Å². The zero-order valence-electron chi connectivity index (χ0n) is 15.3. The largest absolute Gasteiger partial charge is 0.276 e. The second kappa shape index (κ2) is 7.29. The summed E-state index contributed by atoms with van der Waals surface area (Å²) >= 11 is 0. The van der Waals surface area contributed by atoms with E-state index in [2.05, 4.69) is 29.2 Å². The molecule has 0 spiro atoms. The van der Waals surface area contributed by atoms with E-state index in [0.717, 1.165) is 23.2 Å². The first-order valence-corrected chi connectivity index (χ1v) is 10.8. The Balaban J connectivity index is 1.73. The lowest BCUT2D eigenvalue weighted by molar-refractivity contribution is 0.109. The van der Waals surface area contributed by atoms with Crippen molar-refractivity contribution in [3.8, 4) is 0 Å². The first kappa shape index (κ1) is 18.0. The number of aryl methyl sites for hydroxylation is 1. The fraction of sp³-hybridized carbons (Fsp3) is 0.217. The molecule has 4 heteroatoms. The highest BCUT2D eigenvalue weighted by atomic mass is 32.2. The van der Waals surface area contributed by atoms with Crippen LogP contribution < -0.4 is 0 Å². The number of sulfone groups is 1. The summed E-state index contributed by atoms with van der Waals surface area (Å²) < 4.78 is 26.6. The first-order valence-electron chi connectivity index (χ1n) is 9.23. The molecule has 1 saturated heterocycles. The Morgan fingerprint density at radius 2 is 1.44 bits per heavy atom. The van der Waals surface area contributed by atoms with Crippen LogP contribution in [0.3, 0.4) is 0 Å². The second-order valence-electron chi connectivity index (χ2n) is 7.07. The van der Waals surface area contributed by atoms with Gasteiger partial charge < -0.3 is 0 Å². The molecule has 0 amide bonds. The third-order valence-electron chi connectivity index (χ3n) is 5.24. The number of nitrogens with zero attached hydrogens (tertiary/aromatic N) is 1. The Morgan fingerprint density at radius 1 is 0.852 bits per heavy atom. The SMILES string of the molecule is Cc1cccc(S(=O)(=O)C2CCN2C(c2ccccc2)c2ccccc2)c1. The van der Waals surface area contributed by atoms with Crippen LogP contribution in [0, 0.1) is 6.92 Å². The fourth-order valence-electron chi connectivity index (χ4n) is 3.81. The van der Waals surface area contributed by atoms with Crippen LogP contribution in [0.25, 0.3) is 0 Å². The second-order valence-corrected chi connectivity index (χ2v) is 9.17. The Bertz CT molecular complexity index is 977. The number of hydrogen-bond donors (Lipinski definition) is 0. The molecule has 0 radical (unpaired) electrons. The molecule has 0 aromatic heterocycles. The average molecular weight is 378 g/mol. The van der Waals surface area contributed by atoms with Crippen molar-refractivity contribution < 1.29 is 8.42 Å². The minimum absolute atomic E-state index is 0.0641. The summed E-state index contributed by atoms with van der Waals surface area (Å²) in [5.74, 6) is 0. The summed E-state index contributed by atoms with van der Waals surface area (Å²) in [7, 11) is -3.41. The molecule has 0 N–H and O–H groups in total. The molecule has 1 atom stereocenters. The predicted octanol–water partition coefficient (Wildman–Crippen LogP) is 4.59. The molecule has 1 fully saturated rings. The highest BCUT2D eigenvalue weighted by Gasteiger charge is 2.44. The van der Waals surface area contributed by atoms with E-state index in [1.165, 1.54) is 0 Å². The van der Waals surface area contributed by atoms with E-state index in [9.17, 15) is 8.42 Å². The van der Waals surface area contributed by atoms with E-state index in [1.54, 1.807) is 12.1 Å². The van der Waals surface area contributed by atoms with Crippen molar-refractivity contribution in [2.75, 3.05) is 6.54 Å². The Morgan fingerprint density at radius 3 is 1.93 bits per heavy atom.